The molecule has 1 heterocycles. The molecule has 1 unspecified atom stereocenters. The molecule has 1 fully saturated rings. The van der Waals surface area contributed by atoms with Gasteiger partial charge in [-0.3, -0.25) is 0 Å². The Balaban J connectivity index is 2.38. The number of aromatic carboxylic acids is 1. The Morgan fingerprint density at radius 2 is 2.21 bits per heavy atom. The summed E-state index contributed by atoms with van der Waals surface area (Å²) in [4.78, 5) is 10.8. The van der Waals surface area contributed by atoms with E-state index in [4.69, 9.17) is 10.8 Å². The molecule has 6 nitrogen and oxygen atoms in total. The Morgan fingerprint density at radius 1 is 1.47 bits per heavy atom. The number of carboxylic acid groups (broad SMARTS) is 1. The molecule has 19 heavy (non-hydrogen) atoms. The maximum absolute atomic E-state index is 12.2. The standard InChI is InChI=1S/C11H14N2O4S2/c12-7-1-2-9(11(14)15)10(5-7)19(16,17)13-8-3-4-18-6-8/h1-2,5,8,13H,3-4,6,12H2,(H,14,15). The van der Waals surface area contributed by atoms with Crippen molar-refractivity contribution in [3.63, 3.8) is 0 Å². The van der Waals surface area contributed by atoms with Crippen LogP contribution in [0.3, 0.4) is 0 Å². The van der Waals surface area contributed by atoms with Gasteiger partial charge in [0.15, 0.2) is 0 Å². The molecule has 104 valence electrons. The van der Waals surface area contributed by atoms with Crippen molar-refractivity contribution in [2.45, 2.75) is 17.4 Å². The summed E-state index contributed by atoms with van der Waals surface area (Å²) in [6, 6.07) is 3.59. The van der Waals surface area contributed by atoms with Crippen LogP contribution in [0.1, 0.15) is 16.8 Å². The van der Waals surface area contributed by atoms with Crippen molar-refractivity contribution in [3.05, 3.63) is 23.8 Å². The highest BCUT2D eigenvalue weighted by molar-refractivity contribution is 7.99. The first kappa shape index (κ1) is 14.2. The second-order valence-electron chi connectivity index (χ2n) is 4.24. The van der Waals surface area contributed by atoms with Crippen LogP contribution in [0.2, 0.25) is 0 Å². The van der Waals surface area contributed by atoms with Crippen LogP contribution < -0.4 is 10.5 Å². The SMILES string of the molecule is Nc1ccc(C(=O)O)c(S(=O)(=O)NC2CCSC2)c1. The van der Waals surface area contributed by atoms with Gasteiger partial charge in [0, 0.05) is 17.5 Å². The van der Waals surface area contributed by atoms with E-state index in [1.807, 2.05) is 0 Å². The van der Waals surface area contributed by atoms with Gasteiger partial charge >= 0.3 is 5.97 Å². The first-order valence-corrected chi connectivity index (χ1v) is 8.27. The van der Waals surface area contributed by atoms with Gasteiger partial charge in [0.1, 0.15) is 0 Å². The van der Waals surface area contributed by atoms with E-state index < -0.39 is 16.0 Å². The molecule has 1 aliphatic heterocycles. The number of hydrogen-bond donors (Lipinski definition) is 3. The summed E-state index contributed by atoms with van der Waals surface area (Å²) in [7, 11) is -3.87. The third kappa shape index (κ3) is 3.20. The third-order valence-electron chi connectivity index (χ3n) is 2.78. The number of rotatable bonds is 4. The molecule has 2 rings (SSSR count). The summed E-state index contributed by atoms with van der Waals surface area (Å²) in [5.74, 6) is 0.306. The molecular weight excluding hydrogens is 288 g/mol. The van der Waals surface area contributed by atoms with Gasteiger partial charge in [0.25, 0.3) is 0 Å². The van der Waals surface area contributed by atoms with Crippen molar-refractivity contribution in [2.24, 2.45) is 0 Å². The minimum absolute atomic E-state index is 0.155. The van der Waals surface area contributed by atoms with E-state index in [-0.39, 0.29) is 22.2 Å². The fourth-order valence-corrected chi connectivity index (χ4v) is 4.61. The van der Waals surface area contributed by atoms with Crippen LogP contribution in [0.5, 0.6) is 0 Å². The van der Waals surface area contributed by atoms with Crippen molar-refractivity contribution < 1.29 is 18.3 Å². The van der Waals surface area contributed by atoms with E-state index >= 15 is 0 Å². The maximum Gasteiger partial charge on any atom is 0.337 e. The van der Waals surface area contributed by atoms with Crippen LogP contribution in [-0.2, 0) is 10.0 Å². The van der Waals surface area contributed by atoms with Crippen LogP contribution in [0.15, 0.2) is 23.1 Å². The number of thioether (sulfide) groups is 1. The van der Waals surface area contributed by atoms with E-state index in [1.54, 1.807) is 11.8 Å². The van der Waals surface area contributed by atoms with Gasteiger partial charge < -0.3 is 10.8 Å². The van der Waals surface area contributed by atoms with E-state index in [9.17, 15) is 13.2 Å². The number of carbonyl (C=O) groups is 1. The van der Waals surface area contributed by atoms with Crippen LogP contribution in [0.25, 0.3) is 0 Å². The number of anilines is 1. The van der Waals surface area contributed by atoms with Crippen molar-refractivity contribution >= 4 is 33.4 Å². The van der Waals surface area contributed by atoms with Crippen molar-refractivity contribution in [3.8, 4) is 0 Å². The number of hydrogen-bond acceptors (Lipinski definition) is 5. The predicted molar refractivity (Wildman–Crippen MR) is 73.9 cm³/mol. The van der Waals surface area contributed by atoms with Gasteiger partial charge in [-0.15, -0.1) is 0 Å². The molecule has 0 spiro atoms. The molecule has 1 atom stereocenters. The summed E-state index contributed by atoms with van der Waals surface area (Å²) < 4.78 is 27.0. The molecule has 1 saturated heterocycles. The number of nitrogens with one attached hydrogen (secondary N) is 1. The Labute approximate surface area is 115 Å². The van der Waals surface area contributed by atoms with Crippen molar-refractivity contribution in [2.75, 3.05) is 17.2 Å². The van der Waals surface area contributed by atoms with Crippen LogP contribution in [-0.4, -0.2) is 37.0 Å². The monoisotopic (exact) mass is 302 g/mol. The van der Waals surface area contributed by atoms with E-state index in [2.05, 4.69) is 4.72 Å². The molecule has 4 N–H and O–H groups in total. The highest BCUT2D eigenvalue weighted by atomic mass is 32.2. The summed E-state index contributed by atoms with van der Waals surface area (Å²) in [6.07, 6.45) is 0.745. The van der Waals surface area contributed by atoms with Crippen LogP contribution in [0.4, 0.5) is 5.69 Å². The van der Waals surface area contributed by atoms with Gasteiger partial charge in [-0.2, -0.15) is 11.8 Å². The molecule has 1 aromatic rings. The van der Waals surface area contributed by atoms with E-state index in [0.717, 1.165) is 12.2 Å². The number of nitrogen functional groups attached to an aromatic ring is 1. The zero-order valence-electron chi connectivity index (χ0n) is 10.00. The summed E-state index contributed by atoms with van der Waals surface area (Å²) in [6.45, 7) is 0. The quantitative estimate of drug-likeness (QED) is 0.708. The minimum Gasteiger partial charge on any atom is -0.478 e. The highest BCUT2D eigenvalue weighted by Crippen LogP contribution is 2.23. The Morgan fingerprint density at radius 3 is 2.79 bits per heavy atom. The molecule has 0 aromatic heterocycles. The lowest BCUT2D eigenvalue weighted by atomic mass is 10.2. The average Bonchev–Trinajstić information content (AvgIpc) is 2.80. The lowest BCUT2D eigenvalue weighted by Gasteiger charge is -2.14. The van der Waals surface area contributed by atoms with Gasteiger partial charge in [-0.25, -0.2) is 17.9 Å². The second-order valence-corrected chi connectivity index (χ2v) is 7.07. The van der Waals surface area contributed by atoms with Crippen molar-refractivity contribution in [1.29, 1.82) is 0 Å². The Kier molecular flexibility index (Phi) is 4.02. The van der Waals surface area contributed by atoms with Crippen LogP contribution in [0, 0.1) is 0 Å². The summed E-state index contributed by atoms with van der Waals surface area (Å²) >= 11 is 1.66. The zero-order chi connectivity index (χ0) is 14.0. The molecule has 1 aromatic carbocycles. The molecule has 0 amide bonds. The Hall–Kier alpha value is -1.25. The average molecular weight is 302 g/mol. The smallest absolute Gasteiger partial charge is 0.337 e. The largest absolute Gasteiger partial charge is 0.478 e. The lowest BCUT2D eigenvalue weighted by Crippen LogP contribution is -2.35. The number of nitrogens with two attached hydrogens (primary N) is 1. The topological polar surface area (TPSA) is 109 Å². The summed E-state index contributed by atoms with van der Waals surface area (Å²) in [5.41, 5.74) is 5.49. The molecule has 0 bridgehead atoms. The van der Waals surface area contributed by atoms with E-state index in [0.29, 0.717) is 5.75 Å². The maximum atomic E-state index is 12.2. The summed E-state index contributed by atoms with van der Waals surface area (Å²) in [5, 5.41) is 9.04. The van der Waals surface area contributed by atoms with Gasteiger partial charge in [0.2, 0.25) is 10.0 Å². The van der Waals surface area contributed by atoms with Gasteiger partial charge in [-0.1, -0.05) is 0 Å². The lowest BCUT2D eigenvalue weighted by molar-refractivity contribution is 0.0692. The molecule has 0 saturated carbocycles. The second kappa shape index (κ2) is 5.40. The molecule has 0 radical (unpaired) electrons. The third-order valence-corrected chi connectivity index (χ3v) is 5.50. The fourth-order valence-electron chi connectivity index (χ4n) is 1.85. The highest BCUT2D eigenvalue weighted by Gasteiger charge is 2.27. The van der Waals surface area contributed by atoms with E-state index in [1.165, 1.54) is 18.2 Å². The predicted octanol–water partition coefficient (Wildman–Crippen LogP) is 0.751. The first-order valence-electron chi connectivity index (χ1n) is 5.63. The van der Waals surface area contributed by atoms with Crippen molar-refractivity contribution in [1.82, 2.24) is 4.72 Å². The first-order chi connectivity index (χ1) is 8.90. The van der Waals surface area contributed by atoms with Gasteiger partial charge in [0.05, 0.1) is 10.5 Å². The molecule has 8 heteroatoms. The fraction of sp³-hybridized carbons (Fsp3) is 0.364. The Bertz CT molecular complexity index is 595. The number of sulfonamides is 1. The molecule has 1 aliphatic rings. The minimum atomic E-state index is -3.87. The zero-order valence-corrected chi connectivity index (χ0v) is 11.6. The molecular formula is C11H14N2O4S2. The normalized spacial score (nSPS) is 19.5. The molecule has 0 aliphatic carbocycles. The number of benzene rings is 1. The van der Waals surface area contributed by atoms with Gasteiger partial charge in [-0.05, 0) is 30.4 Å². The van der Waals surface area contributed by atoms with Crippen LogP contribution >= 0.6 is 11.8 Å². The number of carboxylic acids is 1.